The van der Waals surface area contributed by atoms with Crippen LogP contribution in [-0.2, 0) is 4.79 Å². The number of para-hydroxylation sites is 3. The van der Waals surface area contributed by atoms with Gasteiger partial charge in [-0.1, -0.05) is 42.1 Å². The molecule has 0 saturated carbocycles. The van der Waals surface area contributed by atoms with E-state index in [4.69, 9.17) is 4.74 Å². The fourth-order valence-electron chi connectivity index (χ4n) is 2.74. The summed E-state index contributed by atoms with van der Waals surface area (Å²) in [6.45, 7) is 3.99. The molecule has 0 spiro atoms. The van der Waals surface area contributed by atoms with E-state index in [-0.39, 0.29) is 17.7 Å². The van der Waals surface area contributed by atoms with Crippen molar-refractivity contribution in [2.24, 2.45) is 0 Å². The van der Waals surface area contributed by atoms with Crippen molar-refractivity contribution in [3.8, 4) is 11.4 Å². The third-order valence-electron chi connectivity index (χ3n) is 3.90. The van der Waals surface area contributed by atoms with Gasteiger partial charge in [0.15, 0.2) is 0 Å². The van der Waals surface area contributed by atoms with E-state index in [2.05, 4.69) is 15.5 Å². The number of amides is 1. The third kappa shape index (κ3) is 4.28. The van der Waals surface area contributed by atoms with Crippen molar-refractivity contribution >= 4 is 23.4 Å². The molecule has 0 radical (unpaired) electrons. The van der Waals surface area contributed by atoms with Crippen molar-refractivity contribution in [1.29, 1.82) is 0 Å². The van der Waals surface area contributed by atoms with Gasteiger partial charge in [-0.25, -0.2) is 0 Å². The van der Waals surface area contributed by atoms with Crippen LogP contribution in [-0.4, -0.2) is 45.0 Å². The summed E-state index contributed by atoms with van der Waals surface area (Å²) in [6, 6.07) is 17.2. The minimum absolute atomic E-state index is 0.00391. The number of thioether (sulfide) groups is 1. The predicted molar refractivity (Wildman–Crippen MR) is 105 cm³/mol. The van der Waals surface area contributed by atoms with Gasteiger partial charge in [0.1, 0.15) is 11.4 Å². The van der Waals surface area contributed by atoms with E-state index in [1.54, 1.807) is 16.7 Å². The molecule has 2 aromatic carbocycles. The van der Waals surface area contributed by atoms with E-state index >= 15 is 0 Å². The first-order valence-corrected chi connectivity index (χ1v) is 9.52. The van der Waals surface area contributed by atoms with E-state index < -0.39 is 0 Å². The van der Waals surface area contributed by atoms with Crippen LogP contribution >= 0.6 is 11.8 Å². The van der Waals surface area contributed by atoms with Crippen molar-refractivity contribution < 1.29 is 9.53 Å². The number of tetrazole rings is 1. The fraction of sp³-hybridized carbons (Fsp3) is 0.263. The summed E-state index contributed by atoms with van der Waals surface area (Å²) in [5, 5.41) is 12.4. The van der Waals surface area contributed by atoms with Crippen LogP contribution in [0.3, 0.4) is 0 Å². The highest BCUT2D eigenvalue weighted by Crippen LogP contribution is 2.26. The summed E-state index contributed by atoms with van der Waals surface area (Å²) in [7, 11) is 1.60. The number of benzene rings is 2. The molecular weight excluding hydrogens is 362 g/mol. The van der Waals surface area contributed by atoms with Gasteiger partial charge < -0.3 is 9.64 Å². The molecule has 1 aromatic heterocycles. The monoisotopic (exact) mass is 383 g/mol. The molecule has 0 unspecified atom stereocenters. The van der Waals surface area contributed by atoms with Gasteiger partial charge in [-0.3, -0.25) is 4.79 Å². The van der Waals surface area contributed by atoms with Crippen LogP contribution in [0, 0.1) is 0 Å². The van der Waals surface area contributed by atoms with Gasteiger partial charge in [0.2, 0.25) is 11.1 Å². The zero-order valence-corrected chi connectivity index (χ0v) is 16.3. The van der Waals surface area contributed by atoms with Crippen molar-refractivity contribution in [3.63, 3.8) is 0 Å². The Morgan fingerprint density at radius 2 is 1.85 bits per heavy atom. The van der Waals surface area contributed by atoms with E-state index in [9.17, 15) is 4.79 Å². The summed E-state index contributed by atoms with van der Waals surface area (Å²) >= 11 is 1.30. The molecule has 0 aliphatic rings. The number of aromatic nitrogens is 4. The van der Waals surface area contributed by atoms with Crippen LogP contribution in [0.15, 0.2) is 59.8 Å². The number of carbonyl (C=O) groups is 1. The smallest absolute Gasteiger partial charge is 0.237 e. The lowest BCUT2D eigenvalue weighted by Gasteiger charge is -2.26. The zero-order chi connectivity index (χ0) is 19.2. The third-order valence-corrected chi connectivity index (χ3v) is 4.80. The van der Waals surface area contributed by atoms with Crippen LogP contribution in [0.5, 0.6) is 5.75 Å². The number of hydrogen-bond acceptors (Lipinski definition) is 6. The molecule has 0 aliphatic heterocycles. The quantitative estimate of drug-likeness (QED) is 0.584. The molecule has 0 aliphatic carbocycles. The number of methoxy groups -OCH3 is 1. The Labute approximate surface area is 162 Å². The van der Waals surface area contributed by atoms with Crippen LogP contribution in [0.4, 0.5) is 5.69 Å². The second-order valence-corrected chi connectivity index (χ2v) is 6.97. The van der Waals surface area contributed by atoms with E-state index in [0.29, 0.717) is 10.9 Å². The Hall–Kier alpha value is -2.87. The highest BCUT2D eigenvalue weighted by Gasteiger charge is 2.21. The van der Waals surface area contributed by atoms with Crippen LogP contribution in [0.25, 0.3) is 5.69 Å². The first kappa shape index (κ1) is 18.9. The number of rotatable bonds is 7. The average molecular weight is 383 g/mol. The Morgan fingerprint density at radius 1 is 1.15 bits per heavy atom. The maximum absolute atomic E-state index is 12.9. The predicted octanol–water partition coefficient (Wildman–Crippen LogP) is 3.20. The lowest BCUT2D eigenvalue weighted by molar-refractivity contribution is -0.116. The van der Waals surface area contributed by atoms with Gasteiger partial charge in [-0.15, -0.1) is 5.10 Å². The molecule has 27 heavy (non-hydrogen) atoms. The topological polar surface area (TPSA) is 73.1 Å². The minimum atomic E-state index is -0.00391. The molecule has 3 aromatic rings. The van der Waals surface area contributed by atoms with Crippen LogP contribution < -0.4 is 9.64 Å². The van der Waals surface area contributed by atoms with Gasteiger partial charge in [-0.2, -0.15) is 4.68 Å². The first-order chi connectivity index (χ1) is 13.1. The Balaban J connectivity index is 1.78. The van der Waals surface area contributed by atoms with Crippen LogP contribution in [0.2, 0.25) is 0 Å². The number of hydrogen-bond donors (Lipinski definition) is 0. The standard InChI is InChI=1S/C19H21N5O2S/c1-14(2)23(15-9-5-4-6-10-15)18(25)13-27-19-20-21-22-24(19)16-11-7-8-12-17(16)26-3/h4-12,14H,13H2,1-3H3. The molecule has 8 heteroatoms. The SMILES string of the molecule is COc1ccccc1-n1nnnc1SCC(=O)N(c1ccccc1)C(C)C. The number of ether oxygens (including phenoxy) is 1. The fourth-order valence-corrected chi connectivity index (χ4v) is 3.48. The Kier molecular flexibility index (Phi) is 6.08. The highest BCUT2D eigenvalue weighted by atomic mass is 32.2. The molecule has 1 heterocycles. The second kappa shape index (κ2) is 8.68. The van der Waals surface area contributed by atoms with Gasteiger partial charge in [0, 0.05) is 11.7 Å². The van der Waals surface area contributed by atoms with Crippen molar-refractivity contribution in [1.82, 2.24) is 20.2 Å². The summed E-state index contributed by atoms with van der Waals surface area (Å²) in [5.74, 6) is 0.879. The largest absolute Gasteiger partial charge is 0.494 e. The normalized spacial score (nSPS) is 10.8. The Bertz CT molecular complexity index is 898. The Morgan fingerprint density at radius 3 is 2.56 bits per heavy atom. The van der Waals surface area contributed by atoms with Crippen molar-refractivity contribution in [3.05, 3.63) is 54.6 Å². The van der Waals surface area contributed by atoms with Gasteiger partial charge >= 0.3 is 0 Å². The van der Waals surface area contributed by atoms with Crippen molar-refractivity contribution in [2.75, 3.05) is 17.8 Å². The summed E-state index contributed by atoms with van der Waals surface area (Å²) in [4.78, 5) is 14.6. The molecule has 0 bridgehead atoms. The summed E-state index contributed by atoms with van der Waals surface area (Å²) in [5.41, 5.74) is 1.60. The highest BCUT2D eigenvalue weighted by molar-refractivity contribution is 7.99. The minimum Gasteiger partial charge on any atom is -0.494 e. The summed E-state index contributed by atoms with van der Waals surface area (Å²) in [6.07, 6.45) is 0. The lowest BCUT2D eigenvalue weighted by Crippen LogP contribution is -2.38. The molecule has 140 valence electrons. The molecule has 1 amide bonds. The number of anilines is 1. The van der Waals surface area contributed by atoms with Crippen molar-refractivity contribution in [2.45, 2.75) is 25.0 Å². The van der Waals surface area contributed by atoms with Gasteiger partial charge in [0.05, 0.1) is 12.9 Å². The molecule has 0 N–H and O–H groups in total. The molecular formula is C19H21N5O2S. The van der Waals surface area contributed by atoms with Crippen LogP contribution in [0.1, 0.15) is 13.8 Å². The maximum Gasteiger partial charge on any atom is 0.237 e. The molecule has 0 saturated heterocycles. The molecule has 0 atom stereocenters. The molecule has 0 fully saturated rings. The van der Waals surface area contributed by atoms with E-state index in [1.165, 1.54) is 11.8 Å². The molecule has 7 nitrogen and oxygen atoms in total. The lowest BCUT2D eigenvalue weighted by atomic mass is 10.2. The second-order valence-electron chi connectivity index (χ2n) is 6.03. The van der Waals surface area contributed by atoms with Gasteiger partial charge in [0.25, 0.3) is 0 Å². The maximum atomic E-state index is 12.9. The van der Waals surface area contributed by atoms with Gasteiger partial charge in [-0.05, 0) is 48.5 Å². The molecule has 3 rings (SSSR count). The summed E-state index contributed by atoms with van der Waals surface area (Å²) < 4.78 is 6.96. The van der Waals surface area contributed by atoms with E-state index in [1.807, 2.05) is 68.4 Å². The number of carbonyl (C=O) groups excluding carboxylic acids is 1. The first-order valence-electron chi connectivity index (χ1n) is 8.53. The zero-order valence-electron chi connectivity index (χ0n) is 15.4. The average Bonchev–Trinajstić information content (AvgIpc) is 3.15. The van der Waals surface area contributed by atoms with E-state index in [0.717, 1.165) is 11.4 Å². The number of nitrogens with zero attached hydrogens (tertiary/aromatic N) is 5.